The fraction of sp³-hybridized carbons (Fsp3) is 0.133. The third kappa shape index (κ3) is 3.77. The number of carbonyl (C=O) groups is 1. The van der Waals surface area contributed by atoms with Crippen LogP contribution in [0.4, 0.5) is 5.69 Å². The van der Waals surface area contributed by atoms with Crippen molar-refractivity contribution in [2.45, 2.75) is 6.73 Å². The molecule has 0 fully saturated rings. The van der Waals surface area contributed by atoms with Gasteiger partial charge >= 0.3 is 0 Å². The molecule has 9 heteroatoms. The van der Waals surface area contributed by atoms with Gasteiger partial charge in [-0.3, -0.25) is 9.48 Å². The van der Waals surface area contributed by atoms with Crippen molar-refractivity contribution in [3.63, 3.8) is 0 Å². The third-order valence-electron chi connectivity index (χ3n) is 3.18. The third-order valence-corrected chi connectivity index (χ3v) is 3.98. The van der Waals surface area contributed by atoms with E-state index in [9.17, 15) is 4.79 Å². The molecule has 0 unspecified atom stereocenters. The quantitative estimate of drug-likeness (QED) is 0.700. The minimum Gasteiger partial charge on any atom is -0.471 e. The summed E-state index contributed by atoms with van der Waals surface area (Å²) in [6.07, 6.45) is 4.63. The Hall–Kier alpha value is -2.32. The van der Waals surface area contributed by atoms with Crippen LogP contribution < -0.4 is 10.1 Å². The van der Waals surface area contributed by atoms with Crippen molar-refractivity contribution >= 4 is 39.1 Å². The molecule has 0 bridgehead atoms. The number of aromatic nitrogens is 4. The zero-order valence-electron chi connectivity index (χ0n) is 12.6. The molecule has 0 saturated heterocycles. The number of carbonyl (C=O) groups excluding carboxylic acids is 1. The van der Waals surface area contributed by atoms with Gasteiger partial charge in [-0.05, 0) is 24.3 Å². The van der Waals surface area contributed by atoms with Gasteiger partial charge in [0.2, 0.25) is 0 Å². The Morgan fingerprint density at radius 1 is 1.29 bits per heavy atom. The number of nitrogens with one attached hydrogen (secondary N) is 1. The maximum Gasteiger partial charge on any atom is 0.275 e. The fourth-order valence-corrected chi connectivity index (χ4v) is 2.54. The van der Waals surface area contributed by atoms with Crippen LogP contribution in [0.3, 0.4) is 0 Å². The van der Waals surface area contributed by atoms with Gasteiger partial charge in [0.25, 0.3) is 5.91 Å². The van der Waals surface area contributed by atoms with E-state index < -0.39 is 0 Å². The summed E-state index contributed by atoms with van der Waals surface area (Å²) in [7, 11) is 1.65. The van der Waals surface area contributed by atoms with Crippen LogP contribution >= 0.6 is 27.5 Å². The minimum absolute atomic E-state index is 0.226. The van der Waals surface area contributed by atoms with E-state index >= 15 is 0 Å². The van der Waals surface area contributed by atoms with Crippen LogP contribution in [-0.4, -0.2) is 25.5 Å². The number of aryl methyl sites for hydroxylation is 1. The summed E-state index contributed by atoms with van der Waals surface area (Å²) in [6, 6.07) is 7.48. The summed E-state index contributed by atoms with van der Waals surface area (Å²) in [5, 5.41) is 11.1. The molecule has 7 nitrogen and oxygen atoms in total. The molecule has 0 aliphatic rings. The van der Waals surface area contributed by atoms with E-state index in [4.69, 9.17) is 16.3 Å². The van der Waals surface area contributed by atoms with Gasteiger partial charge in [-0.25, -0.2) is 4.68 Å². The van der Waals surface area contributed by atoms with Crippen LogP contribution in [0, 0.1) is 0 Å². The van der Waals surface area contributed by atoms with Gasteiger partial charge in [0.15, 0.2) is 6.73 Å². The van der Waals surface area contributed by atoms with Gasteiger partial charge in [0, 0.05) is 11.5 Å². The van der Waals surface area contributed by atoms with E-state index in [1.54, 1.807) is 17.9 Å². The molecule has 0 aliphatic carbocycles. The lowest BCUT2D eigenvalue weighted by Crippen LogP contribution is -2.16. The Morgan fingerprint density at radius 3 is 2.71 bits per heavy atom. The second kappa shape index (κ2) is 7.06. The molecule has 0 atom stereocenters. The number of amides is 1. The summed E-state index contributed by atoms with van der Waals surface area (Å²) >= 11 is 9.32. The summed E-state index contributed by atoms with van der Waals surface area (Å²) in [4.78, 5) is 12.2. The number of ether oxygens (including phenoxy) is 1. The Morgan fingerprint density at radius 2 is 2.04 bits per heavy atom. The van der Waals surface area contributed by atoms with Crippen molar-refractivity contribution in [3.8, 4) is 5.75 Å². The van der Waals surface area contributed by atoms with E-state index in [-0.39, 0.29) is 18.3 Å². The van der Waals surface area contributed by atoms with E-state index in [0.717, 1.165) is 10.2 Å². The zero-order valence-corrected chi connectivity index (χ0v) is 15.0. The Labute approximate surface area is 151 Å². The predicted molar refractivity (Wildman–Crippen MR) is 93.2 cm³/mol. The van der Waals surface area contributed by atoms with E-state index in [1.807, 2.05) is 24.3 Å². The molecule has 24 heavy (non-hydrogen) atoms. The SMILES string of the molecule is Cn1ncc(Cl)c1C(=O)Nc1cnn(COc2ccc(Br)cc2)c1. The van der Waals surface area contributed by atoms with Crippen molar-refractivity contribution < 1.29 is 9.53 Å². The average molecular weight is 411 g/mol. The molecule has 1 amide bonds. The molecule has 124 valence electrons. The smallest absolute Gasteiger partial charge is 0.275 e. The first-order valence-corrected chi connectivity index (χ1v) is 8.09. The van der Waals surface area contributed by atoms with Gasteiger partial charge in [-0.2, -0.15) is 10.2 Å². The Balaban J connectivity index is 1.61. The molecule has 0 spiro atoms. The average Bonchev–Trinajstić information content (AvgIpc) is 3.13. The first kappa shape index (κ1) is 16.5. The standard InChI is InChI=1S/C15H13BrClN5O2/c1-21-14(13(17)7-18-21)15(23)20-11-6-19-22(8-11)9-24-12-4-2-10(16)3-5-12/h2-8H,9H2,1H3,(H,20,23). The number of anilines is 1. The van der Waals surface area contributed by atoms with Crippen LogP contribution in [0.2, 0.25) is 5.02 Å². The summed E-state index contributed by atoms with van der Waals surface area (Å²) in [5.41, 5.74) is 0.826. The normalized spacial score (nSPS) is 10.6. The second-order valence-corrected chi connectivity index (χ2v) is 6.24. The van der Waals surface area contributed by atoms with Gasteiger partial charge in [-0.1, -0.05) is 27.5 Å². The van der Waals surface area contributed by atoms with Crippen molar-refractivity contribution in [2.75, 3.05) is 5.32 Å². The molecule has 3 aromatic rings. The van der Waals surface area contributed by atoms with Gasteiger partial charge < -0.3 is 10.1 Å². The van der Waals surface area contributed by atoms with Crippen LogP contribution in [-0.2, 0) is 13.8 Å². The molecule has 0 saturated carbocycles. The van der Waals surface area contributed by atoms with Crippen LogP contribution in [0.25, 0.3) is 0 Å². The number of nitrogens with zero attached hydrogens (tertiary/aromatic N) is 4. The molecule has 1 N–H and O–H groups in total. The molecular formula is C15H13BrClN5O2. The van der Waals surface area contributed by atoms with E-state index in [0.29, 0.717) is 10.7 Å². The van der Waals surface area contributed by atoms with Gasteiger partial charge in [0.1, 0.15) is 11.4 Å². The molecule has 2 aromatic heterocycles. The molecule has 1 aromatic carbocycles. The van der Waals surface area contributed by atoms with Crippen LogP contribution in [0.1, 0.15) is 10.5 Å². The van der Waals surface area contributed by atoms with Crippen molar-refractivity contribution in [2.24, 2.45) is 7.05 Å². The number of hydrogen-bond acceptors (Lipinski definition) is 4. The minimum atomic E-state index is -0.353. The largest absolute Gasteiger partial charge is 0.471 e. The molecule has 0 radical (unpaired) electrons. The Bertz CT molecular complexity index is 840. The molecule has 3 rings (SSSR count). The number of rotatable bonds is 5. The summed E-state index contributed by atoms with van der Waals surface area (Å²) in [6.45, 7) is 0.226. The maximum absolute atomic E-state index is 12.2. The lowest BCUT2D eigenvalue weighted by Gasteiger charge is -2.06. The van der Waals surface area contributed by atoms with E-state index in [1.165, 1.54) is 17.1 Å². The molecule has 0 aliphatic heterocycles. The number of halogens is 2. The molecule has 2 heterocycles. The maximum atomic E-state index is 12.2. The monoisotopic (exact) mass is 409 g/mol. The van der Waals surface area contributed by atoms with Gasteiger partial charge in [0.05, 0.1) is 29.3 Å². The van der Waals surface area contributed by atoms with Crippen LogP contribution in [0.5, 0.6) is 5.75 Å². The topological polar surface area (TPSA) is 74.0 Å². The Kier molecular flexibility index (Phi) is 4.86. The van der Waals surface area contributed by atoms with Crippen molar-refractivity contribution in [1.29, 1.82) is 0 Å². The highest BCUT2D eigenvalue weighted by atomic mass is 79.9. The highest BCUT2D eigenvalue weighted by Crippen LogP contribution is 2.18. The van der Waals surface area contributed by atoms with Crippen LogP contribution in [0.15, 0.2) is 47.3 Å². The number of hydrogen-bond donors (Lipinski definition) is 1. The second-order valence-electron chi connectivity index (χ2n) is 4.91. The first-order chi connectivity index (χ1) is 11.5. The zero-order chi connectivity index (χ0) is 17.1. The predicted octanol–water partition coefficient (Wildman–Crippen LogP) is 3.32. The fourth-order valence-electron chi connectivity index (χ4n) is 2.03. The number of benzene rings is 1. The summed E-state index contributed by atoms with van der Waals surface area (Å²) in [5.74, 6) is 0.370. The van der Waals surface area contributed by atoms with Gasteiger partial charge in [-0.15, -0.1) is 0 Å². The highest BCUT2D eigenvalue weighted by molar-refractivity contribution is 9.10. The lowest BCUT2D eigenvalue weighted by atomic mass is 10.3. The summed E-state index contributed by atoms with van der Waals surface area (Å²) < 4.78 is 9.57. The van der Waals surface area contributed by atoms with Crippen molar-refractivity contribution in [3.05, 3.63) is 58.0 Å². The lowest BCUT2D eigenvalue weighted by molar-refractivity contribution is 0.101. The molecular weight excluding hydrogens is 398 g/mol. The first-order valence-electron chi connectivity index (χ1n) is 6.92. The van der Waals surface area contributed by atoms with E-state index in [2.05, 4.69) is 31.4 Å². The van der Waals surface area contributed by atoms with Crippen molar-refractivity contribution in [1.82, 2.24) is 19.6 Å². The highest BCUT2D eigenvalue weighted by Gasteiger charge is 2.16.